The Hall–Kier alpha value is -2.73. The van der Waals surface area contributed by atoms with Crippen LogP contribution >= 0.6 is 0 Å². The van der Waals surface area contributed by atoms with Gasteiger partial charge in [0.2, 0.25) is 5.56 Å². The standard InChI is InChI=1S/C20H22N4O2/c25-20-2-1-16(13-22-20)11-15-5-9-24(10-6-15)14-18-12-19(23-26-18)17-3-7-21-8-4-17/h1-4,7-8,12-13,15H,5-6,9-11,14H2,(H,22,25). The number of hydrogen-bond acceptors (Lipinski definition) is 5. The zero-order chi connectivity index (χ0) is 17.8. The molecule has 134 valence electrons. The summed E-state index contributed by atoms with van der Waals surface area (Å²) in [4.78, 5) is 20.3. The molecular formula is C20H22N4O2. The van der Waals surface area contributed by atoms with Crippen molar-refractivity contribution in [2.45, 2.75) is 25.8 Å². The van der Waals surface area contributed by atoms with Crippen molar-refractivity contribution in [3.05, 3.63) is 70.6 Å². The van der Waals surface area contributed by atoms with Crippen LogP contribution in [0.1, 0.15) is 24.2 Å². The lowest BCUT2D eigenvalue weighted by Crippen LogP contribution is -2.33. The van der Waals surface area contributed by atoms with Crippen molar-refractivity contribution in [1.29, 1.82) is 0 Å². The van der Waals surface area contributed by atoms with Crippen LogP contribution in [0.15, 0.2) is 58.2 Å². The van der Waals surface area contributed by atoms with Gasteiger partial charge in [-0.15, -0.1) is 0 Å². The van der Waals surface area contributed by atoms with Crippen LogP contribution in [0.3, 0.4) is 0 Å². The van der Waals surface area contributed by atoms with Crippen LogP contribution in [-0.4, -0.2) is 33.1 Å². The largest absolute Gasteiger partial charge is 0.359 e. The van der Waals surface area contributed by atoms with E-state index in [1.165, 1.54) is 5.56 Å². The third-order valence-corrected chi connectivity index (χ3v) is 4.99. The second-order valence-corrected chi connectivity index (χ2v) is 6.90. The fourth-order valence-electron chi connectivity index (χ4n) is 3.52. The van der Waals surface area contributed by atoms with Crippen molar-refractivity contribution >= 4 is 0 Å². The third kappa shape index (κ3) is 4.08. The Balaban J connectivity index is 1.29. The smallest absolute Gasteiger partial charge is 0.247 e. The zero-order valence-corrected chi connectivity index (χ0v) is 14.6. The van der Waals surface area contributed by atoms with Gasteiger partial charge in [-0.05, 0) is 56.0 Å². The van der Waals surface area contributed by atoms with Gasteiger partial charge in [0.25, 0.3) is 0 Å². The molecular weight excluding hydrogens is 328 g/mol. The number of rotatable bonds is 5. The number of aromatic nitrogens is 3. The number of hydrogen-bond donors (Lipinski definition) is 1. The lowest BCUT2D eigenvalue weighted by Gasteiger charge is -2.31. The van der Waals surface area contributed by atoms with Crippen LogP contribution in [0.4, 0.5) is 0 Å². The Kier molecular flexibility index (Phi) is 4.93. The van der Waals surface area contributed by atoms with Crippen molar-refractivity contribution in [1.82, 2.24) is 20.0 Å². The summed E-state index contributed by atoms with van der Waals surface area (Å²) in [5.41, 5.74) is 3.05. The Labute approximate surface area is 151 Å². The van der Waals surface area contributed by atoms with E-state index in [4.69, 9.17) is 4.52 Å². The van der Waals surface area contributed by atoms with Gasteiger partial charge < -0.3 is 9.51 Å². The number of nitrogens with zero attached hydrogens (tertiary/aromatic N) is 3. The topological polar surface area (TPSA) is 75.0 Å². The Morgan fingerprint density at radius 3 is 2.69 bits per heavy atom. The molecule has 1 fully saturated rings. The summed E-state index contributed by atoms with van der Waals surface area (Å²) in [5.74, 6) is 1.56. The zero-order valence-electron chi connectivity index (χ0n) is 14.6. The molecule has 6 heteroatoms. The average molecular weight is 350 g/mol. The summed E-state index contributed by atoms with van der Waals surface area (Å²) in [5, 5.41) is 4.17. The minimum absolute atomic E-state index is 0.0400. The van der Waals surface area contributed by atoms with Crippen LogP contribution in [-0.2, 0) is 13.0 Å². The van der Waals surface area contributed by atoms with Crippen molar-refractivity contribution in [3.8, 4) is 11.3 Å². The maximum atomic E-state index is 11.1. The van der Waals surface area contributed by atoms with Crippen LogP contribution in [0.2, 0.25) is 0 Å². The van der Waals surface area contributed by atoms with Gasteiger partial charge >= 0.3 is 0 Å². The Morgan fingerprint density at radius 2 is 1.96 bits per heavy atom. The van der Waals surface area contributed by atoms with Gasteiger partial charge in [0.1, 0.15) is 5.69 Å². The molecule has 3 aromatic heterocycles. The van der Waals surface area contributed by atoms with Gasteiger partial charge in [-0.2, -0.15) is 0 Å². The molecule has 0 atom stereocenters. The summed E-state index contributed by atoms with van der Waals surface area (Å²) >= 11 is 0. The van der Waals surface area contributed by atoms with Gasteiger partial charge in [-0.3, -0.25) is 14.7 Å². The number of H-pyrrole nitrogens is 1. The molecule has 1 N–H and O–H groups in total. The quantitative estimate of drug-likeness (QED) is 0.766. The van der Waals surface area contributed by atoms with Crippen molar-refractivity contribution in [2.24, 2.45) is 5.92 Å². The highest BCUT2D eigenvalue weighted by atomic mass is 16.5. The maximum Gasteiger partial charge on any atom is 0.247 e. The first kappa shape index (κ1) is 16.7. The minimum atomic E-state index is -0.0400. The SMILES string of the molecule is O=c1ccc(CC2CCN(Cc3cc(-c4ccncc4)no3)CC2)c[nH]1. The van der Waals surface area contributed by atoms with Crippen molar-refractivity contribution in [2.75, 3.05) is 13.1 Å². The van der Waals surface area contributed by atoms with Crippen LogP contribution < -0.4 is 5.56 Å². The lowest BCUT2D eigenvalue weighted by atomic mass is 9.91. The van der Waals surface area contributed by atoms with E-state index in [0.29, 0.717) is 5.92 Å². The van der Waals surface area contributed by atoms with Gasteiger partial charge in [0.05, 0.1) is 6.54 Å². The van der Waals surface area contributed by atoms with E-state index in [0.717, 1.165) is 55.9 Å². The van der Waals surface area contributed by atoms with Crippen LogP contribution in [0.5, 0.6) is 0 Å². The summed E-state index contributed by atoms with van der Waals surface area (Å²) in [6, 6.07) is 9.42. The van der Waals surface area contributed by atoms with Crippen molar-refractivity contribution < 1.29 is 4.52 Å². The first-order chi connectivity index (χ1) is 12.8. The second-order valence-electron chi connectivity index (χ2n) is 6.90. The van der Waals surface area contributed by atoms with Gasteiger partial charge in [-0.1, -0.05) is 11.2 Å². The van der Waals surface area contributed by atoms with Crippen molar-refractivity contribution in [3.63, 3.8) is 0 Å². The molecule has 0 aromatic carbocycles. The molecule has 1 aliphatic heterocycles. The first-order valence-electron chi connectivity index (χ1n) is 9.02. The van der Waals surface area contributed by atoms with E-state index >= 15 is 0 Å². The molecule has 26 heavy (non-hydrogen) atoms. The molecule has 0 spiro atoms. The fraction of sp³-hybridized carbons (Fsp3) is 0.350. The molecule has 0 unspecified atom stereocenters. The molecule has 1 aliphatic rings. The molecule has 6 nitrogen and oxygen atoms in total. The second kappa shape index (κ2) is 7.66. The highest BCUT2D eigenvalue weighted by Crippen LogP contribution is 2.24. The van der Waals surface area contributed by atoms with E-state index in [9.17, 15) is 4.79 Å². The van der Waals surface area contributed by atoms with Gasteiger partial charge in [0.15, 0.2) is 5.76 Å². The fourth-order valence-corrected chi connectivity index (χ4v) is 3.52. The maximum absolute atomic E-state index is 11.1. The van der Waals surface area contributed by atoms with Gasteiger partial charge in [-0.25, -0.2) is 0 Å². The molecule has 0 radical (unpaired) electrons. The van der Waals surface area contributed by atoms with Gasteiger partial charge in [0, 0.05) is 36.3 Å². The summed E-state index contributed by atoms with van der Waals surface area (Å²) in [6.07, 6.45) is 8.70. The predicted molar refractivity (Wildman–Crippen MR) is 98.5 cm³/mol. The molecule has 4 heterocycles. The molecule has 0 amide bonds. The molecule has 3 aromatic rings. The van der Waals surface area contributed by atoms with E-state index in [-0.39, 0.29) is 5.56 Å². The van der Waals surface area contributed by atoms with Crippen LogP contribution in [0, 0.1) is 5.92 Å². The van der Waals surface area contributed by atoms with E-state index < -0.39 is 0 Å². The normalized spacial score (nSPS) is 16.0. The third-order valence-electron chi connectivity index (χ3n) is 4.99. The summed E-state index contributed by atoms with van der Waals surface area (Å²) < 4.78 is 5.51. The molecule has 0 bridgehead atoms. The van der Waals surface area contributed by atoms with Crippen LogP contribution in [0.25, 0.3) is 11.3 Å². The Morgan fingerprint density at radius 1 is 1.15 bits per heavy atom. The average Bonchev–Trinajstić information content (AvgIpc) is 3.14. The number of nitrogens with one attached hydrogen (secondary N) is 1. The number of likely N-dealkylation sites (tertiary alicyclic amines) is 1. The number of piperidine rings is 1. The summed E-state index contributed by atoms with van der Waals surface area (Å²) in [6.45, 7) is 2.90. The number of pyridine rings is 2. The highest BCUT2D eigenvalue weighted by Gasteiger charge is 2.21. The molecule has 4 rings (SSSR count). The Bertz CT molecular complexity index is 875. The molecule has 0 saturated carbocycles. The van der Waals surface area contributed by atoms with E-state index in [2.05, 4.69) is 20.0 Å². The molecule has 1 saturated heterocycles. The summed E-state index contributed by atoms with van der Waals surface area (Å²) in [7, 11) is 0. The first-order valence-corrected chi connectivity index (χ1v) is 9.02. The van der Waals surface area contributed by atoms with E-state index in [1.54, 1.807) is 18.5 Å². The number of aromatic amines is 1. The lowest BCUT2D eigenvalue weighted by molar-refractivity contribution is 0.161. The molecule has 0 aliphatic carbocycles. The van der Waals surface area contributed by atoms with E-state index in [1.807, 2.05) is 30.5 Å². The minimum Gasteiger partial charge on any atom is -0.359 e. The predicted octanol–water partition coefficient (Wildman–Crippen LogP) is 2.88. The highest BCUT2D eigenvalue weighted by molar-refractivity contribution is 5.57. The monoisotopic (exact) mass is 350 g/mol.